The lowest BCUT2D eigenvalue weighted by Gasteiger charge is -2.35. The summed E-state index contributed by atoms with van der Waals surface area (Å²) in [7, 11) is -3.48. The molecule has 1 fully saturated rings. The van der Waals surface area contributed by atoms with Gasteiger partial charge in [-0.05, 0) is 48.4 Å². The molecule has 4 aromatic rings. The number of fused-ring (bicyclic) bond motifs is 3. The van der Waals surface area contributed by atoms with Crippen molar-refractivity contribution < 1.29 is 8.42 Å². The Morgan fingerprint density at radius 2 is 1.57 bits per heavy atom. The lowest BCUT2D eigenvalue weighted by Crippen LogP contribution is -2.49. The van der Waals surface area contributed by atoms with Crippen LogP contribution in [0.2, 0.25) is 0 Å². The van der Waals surface area contributed by atoms with Gasteiger partial charge in [-0.1, -0.05) is 31.2 Å². The minimum Gasteiger partial charge on any atom is -0.352 e. The first-order valence-electron chi connectivity index (χ1n) is 10.3. The van der Waals surface area contributed by atoms with Gasteiger partial charge in [-0.2, -0.15) is 4.31 Å². The predicted molar refractivity (Wildman–Crippen MR) is 119 cm³/mol. The smallest absolute Gasteiger partial charge is 0.243 e. The molecule has 1 aliphatic rings. The zero-order valence-electron chi connectivity index (χ0n) is 16.9. The normalized spacial score (nSPS) is 15.8. The Labute approximate surface area is 176 Å². The number of piperazine rings is 1. The van der Waals surface area contributed by atoms with Gasteiger partial charge in [0, 0.05) is 32.4 Å². The number of nitrogens with zero attached hydrogens (tertiary/aromatic N) is 4. The molecule has 6 nitrogen and oxygen atoms in total. The molecule has 154 valence electrons. The monoisotopic (exact) mass is 420 g/mol. The highest BCUT2D eigenvalue weighted by atomic mass is 32.2. The highest BCUT2D eigenvalue weighted by Crippen LogP contribution is 2.27. The van der Waals surface area contributed by atoms with Crippen molar-refractivity contribution in [1.82, 2.24) is 13.7 Å². The highest BCUT2D eigenvalue weighted by molar-refractivity contribution is 7.89. The average Bonchev–Trinajstić information content (AvgIpc) is 3.29. The van der Waals surface area contributed by atoms with E-state index < -0.39 is 10.0 Å². The number of aryl methyl sites for hydroxylation is 1. The van der Waals surface area contributed by atoms with Gasteiger partial charge in [0.25, 0.3) is 0 Å². The molecule has 1 saturated heterocycles. The van der Waals surface area contributed by atoms with Gasteiger partial charge in [0.15, 0.2) is 5.82 Å². The van der Waals surface area contributed by atoms with Gasteiger partial charge >= 0.3 is 0 Å². The maximum absolute atomic E-state index is 13.1. The molecule has 0 radical (unpaired) electrons. The molecule has 7 heteroatoms. The second-order valence-corrected chi connectivity index (χ2v) is 9.51. The summed E-state index contributed by atoms with van der Waals surface area (Å²) < 4.78 is 29.9. The Hall–Kier alpha value is -2.90. The van der Waals surface area contributed by atoms with Crippen molar-refractivity contribution in [3.05, 3.63) is 72.4 Å². The van der Waals surface area contributed by atoms with Gasteiger partial charge in [-0.3, -0.25) is 0 Å². The molecule has 0 saturated carbocycles. The fourth-order valence-electron chi connectivity index (χ4n) is 4.13. The van der Waals surface area contributed by atoms with Gasteiger partial charge in [0.1, 0.15) is 0 Å². The molecule has 0 unspecified atom stereocenters. The molecule has 0 aliphatic carbocycles. The first kappa shape index (κ1) is 19.1. The fraction of sp³-hybridized carbons (Fsp3) is 0.261. The van der Waals surface area contributed by atoms with Gasteiger partial charge in [0.2, 0.25) is 10.0 Å². The third-order valence-corrected chi connectivity index (χ3v) is 7.77. The molecule has 30 heavy (non-hydrogen) atoms. The van der Waals surface area contributed by atoms with Crippen LogP contribution >= 0.6 is 0 Å². The van der Waals surface area contributed by atoms with Gasteiger partial charge < -0.3 is 9.30 Å². The Bertz CT molecular complexity index is 1300. The van der Waals surface area contributed by atoms with Gasteiger partial charge in [-0.15, -0.1) is 0 Å². The van der Waals surface area contributed by atoms with Crippen LogP contribution in [0.4, 0.5) is 5.82 Å². The second-order valence-electron chi connectivity index (χ2n) is 7.58. The van der Waals surface area contributed by atoms with Crippen molar-refractivity contribution in [3.63, 3.8) is 0 Å². The van der Waals surface area contributed by atoms with Crippen LogP contribution in [-0.4, -0.2) is 48.3 Å². The van der Waals surface area contributed by atoms with Crippen LogP contribution in [0.15, 0.2) is 71.8 Å². The molecule has 0 atom stereocenters. The topological polar surface area (TPSA) is 57.9 Å². The van der Waals surface area contributed by atoms with Crippen LogP contribution in [0.25, 0.3) is 16.6 Å². The molecule has 3 heterocycles. The molecule has 0 spiro atoms. The highest BCUT2D eigenvalue weighted by Gasteiger charge is 2.29. The zero-order chi connectivity index (χ0) is 20.7. The van der Waals surface area contributed by atoms with Crippen molar-refractivity contribution in [2.45, 2.75) is 18.2 Å². The van der Waals surface area contributed by atoms with Gasteiger partial charge in [-0.25, -0.2) is 13.4 Å². The van der Waals surface area contributed by atoms with Crippen LogP contribution < -0.4 is 4.90 Å². The molecular weight excluding hydrogens is 396 g/mol. The molecule has 1 aliphatic heterocycles. The third kappa shape index (κ3) is 3.14. The quantitative estimate of drug-likeness (QED) is 0.507. The number of hydrogen-bond donors (Lipinski definition) is 0. The van der Waals surface area contributed by atoms with E-state index >= 15 is 0 Å². The van der Waals surface area contributed by atoms with Crippen LogP contribution in [-0.2, 0) is 16.4 Å². The lowest BCUT2D eigenvalue weighted by molar-refractivity contribution is 0.384. The van der Waals surface area contributed by atoms with E-state index in [4.69, 9.17) is 4.98 Å². The van der Waals surface area contributed by atoms with E-state index in [9.17, 15) is 8.42 Å². The largest absolute Gasteiger partial charge is 0.352 e. The maximum atomic E-state index is 13.1. The number of para-hydroxylation sites is 2. The molecule has 2 aromatic carbocycles. The number of hydrogen-bond acceptors (Lipinski definition) is 4. The molecule has 0 N–H and O–H groups in total. The number of rotatable bonds is 4. The van der Waals surface area contributed by atoms with E-state index in [0.29, 0.717) is 31.1 Å². The van der Waals surface area contributed by atoms with Crippen molar-refractivity contribution in [3.8, 4) is 0 Å². The molecule has 5 rings (SSSR count). The number of anilines is 1. The first-order chi connectivity index (χ1) is 14.6. The maximum Gasteiger partial charge on any atom is 0.243 e. The summed E-state index contributed by atoms with van der Waals surface area (Å²) in [6.07, 6.45) is 2.94. The van der Waals surface area contributed by atoms with E-state index in [1.54, 1.807) is 16.4 Å². The summed E-state index contributed by atoms with van der Waals surface area (Å²) in [6.45, 7) is 4.17. The summed E-state index contributed by atoms with van der Waals surface area (Å²) in [6, 6.07) is 19.4. The number of aromatic nitrogens is 2. The second kappa shape index (κ2) is 7.41. The summed E-state index contributed by atoms with van der Waals surface area (Å²) in [4.78, 5) is 7.46. The van der Waals surface area contributed by atoms with Crippen molar-refractivity contribution in [2.75, 3.05) is 31.1 Å². The standard InChI is InChI=1S/C23H24N4O2S/c1-2-18-9-11-19(12-10-18)30(28,29)26-16-14-25(15-17-26)23-22-8-5-13-27(22)21-7-4-3-6-20(21)24-23/h3-13H,2,14-17H2,1H3. The molecular formula is C23H24N4O2S. The first-order valence-corrected chi connectivity index (χ1v) is 11.7. The number of sulfonamides is 1. The van der Waals surface area contributed by atoms with E-state index in [1.165, 1.54) is 0 Å². The summed E-state index contributed by atoms with van der Waals surface area (Å²) >= 11 is 0. The summed E-state index contributed by atoms with van der Waals surface area (Å²) in [5, 5.41) is 0. The summed E-state index contributed by atoms with van der Waals surface area (Å²) in [5.41, 5.74) is 4.18. The minimum absolute atomic E-state index is 0.367. The minimum atomic E-state index is -3.48. The van der Waals surface area contributed by atoms with Crippen molar-refractivity contribution in [2.24, 2.45) is 0 Å². The average molecular weight is 421 g/mol. The zero-order valence-corrected chi connectivity index (χ0v) is 17.7. The van der Waals surface area contributed by atoms with Crippen LogP contribution in [0.5, 0.6) is 0 Å². The van der Waals surface area contributed by atoms with Crippen LogP contribution in [0.3, 0.4) is 0 Å². The van der Waals surface area contributed by atoms with Crippen molar-refractivity contribution in [1.29, 1.82) is 0 Å². The Morgan fingerprint density at radius 3 is 2.30 bits per heavy atom. The Balaban J connectivity index is 1.41. The third-order valence-electron chi connectivity index (χ3n) is 5.85. The Morgan fingerprint density at radius 1 is 0.867 bits per heavy atom. The van der Waals surface area contributed by atoms with E-state index in [0.717, 1.165) is 34.4 Å². The number of benzene rings is 2. The van der Waals surface area contributed by atoms with E-state index in [-0.39, 0.29) is 0 Å². The summed E-state index contributed by atoms with van der Waals surface area (Å²) in [5.74, 6) is 0.906. The molecule has 2 aromatic heterocycles. The molecule has 0 amide bonds. The van der Waals surface area contributed by atoms with E-state index in [1.807, 2.05) is 42.6 Å². The predicted octanol–water partition coefficient (Wildman–Crippen LogP) is 3.56. The van der Waals surface area contributed by atoms with Crippen LogP contribution in [0, 0.1) is 0 Å². The molecule has 0 bridgehead atoms. The Kier molecular flexibility index (Phi) is 4.72. The van der Waals surface area contributed by atoms with E-state index in [2.05, 4.69) is 28.4 Å². The van der Waals surface area contributed by atoms with Crippen molar-refractivity contribution >= 4 is 32.4 Å². The fourth-order valence-corrected chi connectivity index (χ4v) is 5.55. The van der Waals surface area contributed by atoms with Gasteiger partial charge in [0.05, 0.1) is 21.4 Å². The SMILES string of the molecule is CCc1ccc(S(=O)(=O)N2CCN(c3nc4ccccc4n4cccc34)CC2)cc1. The van der Waals surface area contributed by atoms with Crippen LogP contribution in [0.1, 0.15) is 12.5 Å². The lowest BCUT2D eigenvalue weighted by atomic mass is 10.2.